The maximum Gasteiger partial charge on any atom is 0.416 e. The van der Waals surface area contributed by atoms with Gasteiger partial charge in [0.1, 0.15) is 5.82 Å². The summed E-state index contributed by atoms with van der Waals surface area (Å²) in [4.78, 5) is 7.10. The highest BCUT2D eigenvalue weighted by Gasteiger charge is 2.30. The van der Waals surface area contributed by atoms with Crippen molar-refractivity contribution >= 4 is 11.4 Å². The van der Waals surface area contributed by atoms with E-state index in [2.05, 4.69) is 15.3 Å². The number of hydrogen-bond acceptors (Lipinski definition) is 3. The van der Waals surface area contributed by atoms with Crippen LogP contribution in [0.15, 0.2) is 30.6 Å². The summed E-state index contributed by atoms with van der Waals surface area (Å²) in [6.07, 6.45) is -0.364. The van der Waals surface area contributed by atoms with Crippen LogP contribution in [0.2, 0.25) is 0 Å². The third kappa shape index (κ3) is 3.04. The molecule has 0 spiro atoms. The molecular weight excluding hydrogens is 269 g/mol. The number of hydrogen-bond donors (Lipinski definition) is 3. The number of nitrogen functional groups attached to an aromatic ring is 1. The van der Waals surface area contributed by atoms with Crippen LogP contribution in [0.4, 0.5) is 24.5 Å². The molecule has 1 aromatic heterocycles. The summed E-state index contributed by atoms with van der Waals surface area (Å²) in [6, 6.07) is 3.14. The van der Waals surface area contributed by atoms with E-state index in [-0.39, 0.29) is 11.7 Å². The number of benzene rings is 1. The van der Waals surface area contributed by atoms with Gasteiger partial charge in [0.05, 0.1) is 23.0 Å². The molecule has 4 nitrogen and oxygen atoms in total. The number of imidazole rings is 1. The number of nitrogens with zero attached hydrogens (tertiary/aromatic N) is 1. The van der Waals surface area contributed by atoms with Crippen LogP contribution in [0.3, 0.4) is 0 Å². The summed E-state index contributed by atoms with van der Waals surface area (Å²) >= 11 is 0. The van der Waals surface area contributed by atoms with E-state index in [1.165, 1.54) is 6.07 Å². The van der Waals surface area contributed by atoms with E-state index in [1.807, 2.05) is 6.92 Å². The fourth-order valence-corrected chi connectivity index (χ4v) is 1.89. The molecule has 0 radical (unpaired) electrons. The first kappa shape index (κ1) is 14.2. The summed E-state index contributed by atoms with van der Waals surface area (Å²) in [5.74, 6) is 0.715. The molecule has 0 bridgehead atoms. The van der Waals surface area contributed by atoms with Crippen molar-refractivity contribution in [3.63, 3.8) is 0 Å². The minimum absolute atomic E-state index is 0.0600. The molecule has 0 amide bonds. The summed E-state index contributed by atoms with van der Waals surface area (Å²) in [6.45, 7) is 1.94. The second-order valence-corrected chi connectivity index (χ2v) is 4.38. The zero-order valence-corrected chi connectivity index (χ0v) is 10.8. The number of aromatic nitrogens is 2. The highest BCUT2D eigenvalue weighted by atomic mass is 19.4. The second kappa shape index (κ2) is 5.44. The van der Waals surface area contributed by atoms with Crippen LogP contribution in [0.1, 0.15) is 30.8 Å². The topological polar surface area (TPSA) is 66.7 Å². The van der Waals surface area contributed by atoms with Crippen molar-refractivity contribution in [1.29, 1.82) is 0 Å². The molecule has 0 fully saturated rings. The lowest BCUT2D eigenvalue weighted by molar-refractivity contribution is -0.137. The first-order chi connectivity index (χ1) is 9.41. The predicted octanol–water partition coefficient (Wildman–Crippen LogP) is 3.57. The van der Waals surface area contributed by atoms with Gasteiger partial charge < -0.3 is 16.0 Å². The van der Waals surface area contributed by atoms with Gasteiger partial charge >= 0.3 is 6.18 Å². The lowest BCUT2D eigenvalue weighted by Crippen LogP contribution is -2.13. The molecule has 1 heterocycles. The lowest BCUT2D eigenvalue weighted by atomic mass is 10.1. The van der Waals surface area contributed by atoms with Crippen LogP contribution in [0, 0.1) is 0 Å². The molecule has 0 aliphatic heterocycles. The summed E-state index contributed by atoms with van der Waals surface area (Å²) in [7, 11) is 0. The van der Waals surface area contributed by atoms with Gasteiger partial charge in [0.25, 0.3) is 0 Å². The zero-order valence-electron chi connectivity index (χ0n) is 10.8. The third-order valence-electron chi connectivity index (χ3n) is 2.97. The van der Waals surface area contributed by atoms with Crippen molar-refractivity contribution in [2.24, 2.45) is 0 Å². The molecule has 7 heteroatoms. The van der Waals surface area contributed by atoms with Gasteiger partial charge in [0.2, 0.25) is 0 Å². The number of halogens is 3. The number of H-pyrrole nitrogens is 1. The van der Waals surface area contributed by atoms with Gasteiger partial charge in [-0.2, -0.15) is 13.2 Å². The van der Waals surface area contributed by atoms with E-state index >= 15 is 0 Å². The minimum atomic E-state index is -4.39. The van der Waals surface area contributed by atoms with E-state index < -0.39 is 11.7 Å². The van der Waals surface area contributed by atoms with Crippen molar-refractivity contribution in [2.45, 2.75) is 25.6 Å². The molecule has 1 unspecified atom stereocenters. The Bertz CT molecular complexity index is 563. The van der Waals surface area contributed by atoms with Crippen LogP contribution in [0.25, 0.3) is 0 Å². The second-order valence-electron chi connectivity index (χ2n) is 4.38. The Kier molecular flexibility index (Phi) is 3.87. The van der Waals surface area contributed by atoms with Gasteiger partial charge in [-0.15, -0.1) is 0 Å². The molecule has 108 valence electrons. The maximum atomic E-state index is 12.6. The number of nitrogens with two attached hydrogens (primary N) is 1. The minimum Gasteiger partial charge on any atom is -0.397 e. The van der Waals surface area contributed by atoms with E-state index in [1.54, 1.807) is 12.4 Å². The molecule has 20 heavy (non-hydrogen) atoms. The third-order valence-corrected chi connectivity index (χ3v) is 2.97. The zero-order chi connectivity index (χ0) is 14.8. The molecule has 0 aliphatic rings. The lowest BCUT2D eigenvalue weighted by Gasteiger charge is -2.18. The Labute approximate surface area is 114 Å². The standard InChI is InChI=1S/C13H15F3N4/c1-2-10(12-18-5-6-19-12)20-11-4-3-8(7-9(11)17)13(14,15)16/h3-7,10,20H,2,17H2,1H3,(H,18,19). The van der Waals surface area contributed by atoms with Crippen LogP contribution in [-0.2, 0) is 6.18 Å². The number of nitrogens with one attached hydrogen (secondary N) is 2. The van der Waals surface area contributed by atoms with Gasteiger partial charge in [-0.3, -0.25) is 0 Å². The number of anilines is 2. The van der Waals surface area contributed by atoms with Crippen molar-refractivity contribution in [1.82, 2.24) is 9.97 Å². The Morgan fingerprint density at radius 1 is 1.40 bits per heavy atom. The van der Waals surface area contributed by atoms with Crippen LogP contribution in [0.5, 0.6) is 0 Å². The molecule has 1 atom stereocenters. The Morgan fingerprint density at radius 2 is 2.15 bits per heavy atom. The predicted molar refractivity (Wildman–Crippen MR) is 71.1 cm³/mol. The van der Waals surface area contributed by atoms with Gasteiger partial charge in [-0.25, -0.2) is 4.98 Å². The average molecular weight is 284 g/mol. The van der Waals surface area contributed by atoms with Crippen molar-refractivity contribution in [3.05, 3.63) is 42.0 Å². The van der Waals surface area contributed by atoms with E-state index in [0.717, 1.165) is 12.1 Å². The van der Waals surface area contributed by atoms with Gasteiger partial charge in [-0.05, 0) is 24.6 Å². The summed E-state index contributed by atoms with van der Waals surface area (Å²) in [5.41, 5.74) is 5.44. The maximum absolute atomic E-state index is 12.6. The molecule has 0 saturated heterocycles. The van der Waals surface area contributed by atoms with Crippen molar-refractivity contribution in [2.75, 3.05) is 11.1 Å². The average Bonchev–Trinajstić information content (AvgIpc) is 2.90. The van der Waals surface area contributed by atoms with Crippen molar-refractivity contribution in [3.8, 4) is 0 Å². The smallest absolute Gasteiger partial charge is 0.397 e. The number of alkyl halides is 3. The molecule has 4 N–H and O–H groups in total. The summed E-state index contributed by atoms with van der Waals surface area (Å²) in [5, 5.41) is 3.09. The first-order valence-corrected chi connectivity index (χ1v) is 6.14. The van der Waals surface area contributed by atoms with Gasteiger partial charge in [0.15, 0.2) is 0 Å². The van der Waals surface area contributed by atoms with Crippen molar-refractivity contribution < 1.29 is 13.2 Å². The Morgan fingerprint density at radius 3 is 2.65 bits per heavy atom. The molecule has 2 rings (SSSR count). The highest BCUT2D eigenvalue weighted by Crippen LogP contribution is 2.34. The molecular formula is C13H15F3N4. The molecule has 0 saturated carbocycles. The number of rotatable bonds is 4. The fraction of sp³-hybridized carbons (Fsp3) is 0.308. The van der Waals surface area contributed by atoms with Gasteiger partial charge in [-0.1, -0.05) is 6.92 Å². The highest BCUT2D eigenvalue weighted by molar-refractivity contribution is 5.67. The van der Waals surface area contributed by atoms with E-state index in [0.29, 0.717) is 17.9 Å². The normalized spacial score (nSPS) is 13.2. The SMILES string of the molecule is CCC(Nc1ccc(C(F)(F)F)cc1N)c1ncc[nH]1. The number of aromatic amines is 1. The first-order valence-electron chi connectivity index (χ1n) is 6.14. The molecule has 1 aromatic carbocycles. The quantitative estimate of drug-likeness (QED) is 0.752. The molecule has 2 aromatic rings. The Hall–Kier alpha value is -2.18. The van der Waals surface area contributed by atoms with E-state index in [4.69, 9.17) is 5.73 Å². The van der Waals surface area contributed by atoms with Crippen LogP contribution >= 0.6 is 0 Å². The monoisotopic (exact) mass is 284 g/mol. The largest absolute Gasteiger partial charge is 0.416 e. The van der Waals surface area contributed by atoms with Crippen LogP contribution < -0.4 is 11.1 Å². The van der Waals surface area contributed by atoms with E-state index in [9.17, 15) is 13.2 Å². The summed E-state index contributed by atoms with van der Waals surface area (Å²) < 4.78 is 37.7. The fourth-order valence-electron chi connectivity index (χ4n) is 1.89. The Balaban J connectivity index is 2.21. The molecule has 0 aliphatic carbocycles. The van der Waals surface area contributed by atoms with Gasteiger partial charge in [0, 0.05) is 12.4 Å². The van der Waals surface area contributed by atoms with Crippen LogP contribution in [-0.4, -0.2) is 9.97 Å².